The number of hydrogen-bond acceptors (Lipinski definition) is 27. The van der Waals surface area contributed by atoms with E-state index in [0.717, 1.165) is 27.7 Å². The first kappa shape index (κ1) is 113. The summed E-state index contributed by atoms with van der Waals surface area (Å²) in [6.07, 6.45) is -11.0. The fourth-order valence-corrected chi connectivity index (χ4v) is 11.8. The third-order valence-corrected chi connectivity index (χ3v) is 19.7. The van der Waals surface area contributed by atoms with Gasteiger partial charge in [-0.15, -0.1) is 0 Å². The molecule has 0 saturated carbocycles. The van der Waals surface area contributed by atoms with E-state index in [-0.39, 0.29) is 45.1 Å². The molecule has 0 rings (SSSR count). The number of aliphatic hydroxyl groups is 4. The van der Waals surface area contributed by atoms with Crippen molar-refractivity contribution in [3.05, 3.63) is 0 Å². The number of nitrogens with one attached hydrogen (secondary N) is 15. The molecule has 0 heterocycles. The molecule has 0 radical (unpaired) electrons. The van der Waals surface area contributed by atoms with Gasteiger partial charge in [-0.05, 0) is 115 Å². The van der Waals surface area contributed by atoms with Crippen LogP contribution in [0.5, 0.6) is 0 Å². The highest BCUT2D eigenvalue weighted by Crippen LogP contribution is 2.17. The minimum absolute atomic E-state index is 0.0773. The molecule has 21 atom stereocenters. The SMILES string of the molecule is CC[C@H](C)[C@H](NC(=O)[C@H](CO)NC(=O)[C@H](CCC(=O)O)NC(=O)[C@@H](NC(=O)[C@@H](NC(=O)[C@@H](NC(=O)[C@H](CCCCN)NC(=O)[C@H](CCC(N)=O)NC(=O)[C@@H](NC(=O)[C@H](C)NC(=O)[C@H](CCC(=O)O)NC(=O)[C@@H](NC(=O)[C@H](CC(C)C)NC(=O)[C@H](CCC(N)=O)NC(=O)[C@@H](NC(=O)[C@@H](N)CC(=O)O)C(C)C)[C@@H](C)O)C(C)C)[C@@H](C)CC)[C@@H](C)O)[C@@H](C)O)C(=O)O. The van der Waals surface area contributed by atoms with Crippen LogP contribution < -0.4 is 103 Å². The van der Waals surface area contributed by atoms with E-state index in [9.17, 15) is 136 Å². The number of amides is 17. The zero-order valence-corrected chi connectivity index (χ0v) is 72.3. The highest BCUT2D eigenvalue weighted by Gasteiger charge is 2.42. The molecule has 31 N–H and O–H groups in total. The number of nitrogens with two attached hydrogens (primary N) is 4. The number of carboxylic acids is 4. The monoisotopic (exact) mass is 1770 g/mol. The molecular formula is C76H131N19O29. The molecule has 0 aliphatic heterocycles. The van der Waals surface area contributed by atoms with Gasteiger partial charge >= 0.3 is 23.9 Å². The predicted molar refractivity (Wildman–Crippen MR) is 436 cm³/mol. The Hall–Kier alpha value is -11.4. The zero-order valence-electron chi connectivity index (χ0n) is 72.3. The minimum atomic E-state index is -2.07. The molecule has 17 amide bonds. The van der Waals surface area contributed by atoms with Crippen LogP contribution in [0.1, 0.15) is 193 Å². The smallest absolute Gasteiger partial charge is 0.326 e. The molecule has 0 aromatic rings. The van der Waals surface area contributed by atoms with Gasteiger partial charge in [0.05, 0.1) is 37.4 Å². The molecule has 704 valence electrons. The summed E-state index contributed by atoms with van der Waals surface area (Å²) >= 11 is 0. The largest absolute Gasteiger partial charge is 0.481 e. The molecular weight excluding hydrogens is 1640 g/mol. The Morgan fingerprint density at radius 3 is 0.935 bits per heavy atom. The molecule has 0 saturated heterocycles. The van der Waals surface area contributed by atoms with Gasteiger partial charge in [0.25, 0.3) is 0 Å². The summed E-state index contributed by atoms with van der Waals surface area (Å²) in [7, 11) is 0. The lowest BCUT2D eigenvalue weighted by atomic mass is 9.96. The molecule has 0 fully saturated rings. The van der Waals surface area contributed by atoms with Gasteiger partial charge in [0.1, 0.15) is 90.6 Å². The number of aliphatic hydroxyl groups excluding tert-OH is 4. The van der Waals surface area contributed by atoms with Gasteiger partial charge in [-0.2, -0.15) is 0 Å². The summed E-state index contributed by atoms with van der Waals surface area (Å²) in [6, 6.07) is -27.7. The lowest BCUT2D eigenvalue weighted by molar-refractivity contribution is -0.144. The zero-order chi connectivity index (χ0) is 95.6. The Labute approximate surface area is 716 Å². The highest BCUT2D eigenvalue weighted by atomic mass is 16.4. The summed E-state index contributed by atoms with van der Waals surface area (Å²) in [5.41, 5.74) is 22.3. The van der Waals surface area contributed by atoms with E-state index in [0.29, 0.717) is 0 Å². The number of carboxylic acid groups (broad SMARTS) is 4. The summed E-state index contributed by atoms with van der Waals surface area (Å²) < 4.78 is 0. The maximum Gasteiger partial charge on any atom is 0.326 e. The summed E-state index contributed by atoms with van der Waals surface area (Å²) in [4.78, 5) is 280. The molecule has 0 aliphatic carbocycles. The molecule has 48 nitrogen and oxygen atoms in total. The molecule has 0 aromatic carbocycles. The number of primary amides is 2. The van der Waals surface area contributed by atoms with Crippen molar-refractivity contribution in [3.63, 3.8) is 0 Å². The van der Waals surface area contributed by atoms with Crippen LogP contribution in [0, 0.1) is 29.6 Å². The van der Waals surface area contributed by atoms with Crippen molar-refractivity contribution in [2.75, 3.05) is 13.2 Å². The first-order valence-corrected chi connectivity index (χ1v) is 40.7. The van der Waals surface area contributed by atoms with Crippen LogP contribution in [0.2, 0.25) is 0 Å². The third kappa shape index (κ3) is 41.2. The van der Waals surface area contributed by atoms with Crippen molar-refractivity contribution < 1.29 is 142 Å². The lowest BCUT2D eigenvalue weighted by Gasteiger charge is -2.31. The standard InChI is InChI=1S/C76H131N19O29/c1-15-35(9)56(72(119)94-60(40(14)99)75(122)95-59(39(13)98)74(121)86-46(23-27-52(104)105)66(113)88-48(31-96)69(116)92-57(76(123)124)36(10)16-2)91-67(114)42(19-17-18-28-77)82-64(111)43(20-24-49(79)100)83-70(117)54(33(5)6)89-61(108)37(11)81-63(110)45(22-26-51(102)103)85-73(120)58(38(12)97)93-68(115)47(29-32(3)4)87-65(112)44(21-25-50(80)101)84-71(118)55(34(7)8)90-62(109)41(78)30-53(106)107/h32-48,54-60,96-99H,15-31,77-78H2,1-14H3,(H2,79,100)(H2,80,101)(H,81,110)(H,82,111)(H,83,117)(H,84,118)(H,85,120)(H,86,121)(H,87,112)(H,88,113)(H,89,108)(H,90,109)(H,91,114)(H,92,116)(H,93,115)(H,94,119)(H,95,122)(H,102,103)(H,104,105)(H,106,107)(H,123,124)/t35-,36-,37-,38+,39+,40+,41-,42-,43-,44-,45-,46-,47-,48-,54-,55-,56-,57-,58-,59-,60-/m0/s1. The van der Waals surface area contributed by atoms with Crippen molar-refractivity contribution in [1.82, 2.24) is 79.8 Å². The average Bonchev–Trinajstić information content (AvgIpc) is 0.841. The number of carbonyl (C=O) groups excluding carboxylic acids is 17. The molecule has 0 aliphatic rings. The van der Waals surface area contributed by atoms with E-state index < -0.39 is 333 Å². The number of hydrogen-bond donors (Lipinski definition) is 27. The summed E-state index contributed by atoms with van der Waals surface area (Å²) in [6.45, 7) is 18.5. The van der Waals surface area contributed by atoms with Crippen LogP contribution in [0.15, 0.2) is 0 Å². The van der Waals surface area contributed by atoms with Gasteiger partial charge in [0.15, 0.2) is 0 Å². The quantitative estimate of drug-likeness (QED) is 0.0252. The molecule has 0 aromatic heterocycles. The number of carbonyl (C=O) groups is 21. The second-order valence-electron chi connectivity index (χ2n) is 31.6. The number of aliphatic carboxylic acids is 4. The number of rotatable bonds is 61. The van der Waals surface area contributed by atoms with E-state index in [1.54, 1.807) is 27.7 Å². The Balaban J connectivity index is 7.05. The normalized spacial score (nSPS) is 16.4. The first-order chi connectivity index (χ1) is 57.6. The topological polar surface area (TPSA) is 805 Å². The van der Waals surface area contributed by atoms with Crippen LogP contribution in [0.25, 0.3) is 0 Å². The minimum Gasteiger partial charge on any atom is -0.481 e. The predicted octanol–water partition coefficient (Wildman–Crippen LogP) is -8.86. The van der Waals surface area contributed by atoms with E-state index in [4.69, 9.17) is 28.0 Å². The van der Waals surface area contributed by atoms with Gasteiger partial charge < -0.3 is 144 Å². The Morgan fingerprint density at radius 2 is 0.589 bits per heavy atom. The van der Waals surface area contributed by atoms with Crippen LogP contribution in [-0.2, 0) is 101 Å². The maximum atomic E-state index is 14.5. The number of unbranched alkanes of at least 4 members (excludes halogenated alkanes) is 1. The Morgan fingerprint density at radius 1 is 0.306 bits per heavy atom. The van der Waals surface area contributed by atoms with Crippen LogP contribution in [0.3, 0.4) is 0 Å². The van der Waals surface area contributed by atoms with E-state index in [2.05, 4.69) is 79.8 Å². The van der Waals surface area contributed by atoms with Crippen LogP contribution in [0.4, 0.5) is 0 Å². The van der Waals surface area contributed by atoms with Crippen molar-refractivity contribution >= 4 is 124 Å². The van der Waals surface area contributed by atoms with Gasteiger partial charge in [-0.1, -0.05) is 82.1 Å². The van der Waals surface area contributed by atoms with Crippen LogP contribution in [-0.4, -0.2) is 293 Å². The second-order valence-corrected chi connectivity index (χ2v) is 31.6. The third-order valence-electron chi connectivity index (χ3n) is 19.7. The van der Waals surface area contributed by atoms with Gasteiger partial charge in [-0.3, -0.25) is 95.9 Å². The molecule has 124 heavy (non-hydrogen) atoms. The lowest BCUT2D eigenvalue weighted by Crippen LogP contribution is -2.64. The van der Waals surface area contributed by atoms with E-state index in [1.165, 1.54) is 41.5 Å². The summed E-state index contributed by atoms with van der Waals surface area (Å²) in [5.74, 6) is -28.7. The van der Waals surface area contributed by atoms with Crippen molar-refractivity contribution in [3.8, 4) is 0 Å². The summed E-state index contributed by atoms with van der Waals surface area (Å²) in [5, 5.41) is 115. The molecule has 0 unspecified atom stereocenters. The molecule has 0 bridgehead atoms. The van der Waals surface area contributed by atoms with Crippen molar-refractivity contribution in [1.29, 1.82) is 0 Å². The Bertz CT molecular complexity index is 3680. The van der Waals surface area contributed by atoms with Gasteiger partial charge in [0.2, 0.25) is 100 Å². The molecule has 48 heteroatoms. The Kier molecular flexibility index (Phi) is 51.2. The van der Waals surface area contributed by atoms with Crippen molar-refractivity contribution in [2.45, 2.75) is 308 Å². The first-order valence-electron chi connectivity index (χ1n) is 40.7. The van der Waals surface area contributed by atoms with Gasteiger partial charge in [0, 0.05) is 25.7 Å². The van der Waals surface area contributed by atoms with Crippen LogP contribution >= 0.6 is 0 Å². The molecule has 0 spiro atoms. The van der Waals surface area contributed by atoms with E-state index in [1.807, 2.05) is 0 Å². The van der Waals surface area contributed by atoms with Crippen molar-refractivity contribution in [2.24, 2.45) is 52.5 Å². The van der Waals surface area contributed by atoms with Gasteiger partial charge in [-0.25, -0.2) is 4.79 Å². The second kappa shape index (κ2) is 56.4. The average molecular weight is 1770 g/mol. The fourth-order valence-electron chi connectivity index (χ4n) is 11.8. The highest BCUT2D eigenvalue weighted by molar-refractivity contribution is 6.02. The fraction of sp³-hybridized carbons (Fsp3) is 0.724. The van der Waals surface area contributed by atoms with E-state index >= 15 is 0 Å². The maximum absolute atomic E-state index is 14.5.